The molecule has 0 saturated heterocycles. The Balaban J connectivity index is 1.93. The zero-order chi connectivity index (χ0) is 20.5. The molecule has 0 radical (unpaired) electrons. The highest BCUT2D eigenvalue weighted by Gasteiger charge is 2.16. The van der Waals surface area contributed by atoms with Gasteiger partial charge in [0.2, 0.25) is 5.91 Å². The van der Waals surface area contributed by atoms with E-state index in [2.05, 4.69) is 26.6 Å². The molecule has 1 aromatic heterocycles. The van der Waals surface area contributed by atoms with Gasteiger partial charge in [-0.2, -0.15) is 0 Å². The zero-order valence-corrected chi connectivity index (χ0v) is 17.2. The third-order valence-electron chi connectivity index (χ3n) is 3.74. The predicted octanol–water partition coefficient (Wildman–Crippen LogP) is 2.52. The number of carbonyl (C=O) groups excluding carboxylic acids is 3. The van der Waals surface area contributed by atoms with Crippen LogP contribution in [0.25, 0.3) is 0 Å². The molecule has 2 rings (SSSR count). The predicted molar refractivity (Wildman–Crippen MR) is 107 cm³/mol. The number of methoxy groups -OCH3 is 1. The van der Waals surface area contributed by atoms with Crippen molar-refractivity contribution in [2.75, 3.05) is 39.2 Å². The Labute approximate surface area is 171 Å². The van der Waals surface area contributed by atoms with E-state index in [-0.39, 0.29) is 24.1 Å². The van der Waals surface area contributed by atoms with Crippen LogP contribution in [0.1, 0.15) is 27.3 Å². The number of benzene rings is 1. The average molecular weight is 452 g/mol. The SMILES string of the molecule is COCCCNC(=O)CN(C)C(=O)c1cccc(NC(=O)c2ccc(Br)o2)c1. The molecular formula is C19H22BrN3O5. The summed E-state index contributed by atoms with van der Waals surface area (Å²) in [6.07, 6.45) is 0.702. The van der Waals surface area contributed by atoms with Crippen molar-refractivity contribution in [3.8, 4) is 0 Å². The van der Waals surface area contributed by atoms with Crippen molar-refractivity contribution in [3.63, 3.8) is 0 Å². The number of nitrogens with zero attached hydrogens (tertiary/aromatic N) is 1. The molecule has 2 N–H and O–H groups in total. The molecule has 0 aliphatic carbocycles. The highest BCUT2D eigenvalue weighted by molar-refractivity contribution is 9.10. The number of halogens is 1. The molecule has 1 heterocycles. The Kier molecular flexibility index (Phi) is 8.21. The van der Waals surface area contributed by atoms with Crippen LogP contribution < -0.4 is 10.6 Å². The standard InChI is InChI=1S/C19H22BrN3O5/c1-23(12-17(24)21-9-4-10-27-2)19(26)13-5-3-6-14(11-13)22-18(25)15-7-8-16(20)28-15/h3,5-8,11H,4,9-10,12H2,1-2H3,(H,21,24)(H,22,25). The minimum atomic E-state index is -0.431. The number of nitrogens with one attached hydrogen (secondary N) is 2. The molecule has 0 bridgehead atoms. The van der Waals surface area contributed by atoms with Gasteiger partial charge in [0, 0.05) is 38.6 Å². The topological polar surface area (TPSA) is 101 Å². The lowest BCUT2D eigenvalue weighted by Crippen LogP contribution is -2.38. The quantitative estimate of drug-likeness (QED) is 0.570. The fourth-order valence-corrected chi connectivity index (χ4v) is 2.67. The van der Waals surface area contributed by atoms with E-state index < -0.39 is 5.91 Å². The maximum Gasteiger partial charge on any atom is 0.291 e. The molecule has 1 aromatic carbocycles. The minimum Gasteiger partial charge on any atom is -0.444 e. The summed E-state index contributed by atoms with van der Waals surface area (Å²) in [5, 5.41) is 5.40. The summed E-state index contributed by atoms with van der Waals surface area (Å²) in [4.78, 5) is 37.9. The van der Waals surface area contributed by atoms with Crippen molar-refractivity contribution in [2.45, 2.75) is 6.42 Å². The highest BCUT2D eigenvalue weighted by atomic mass is 79.9. The van der Waals surface area contributed by atoms with E-state index in [9.17, 15) is 14.4 Å². The van der Waals surface area contributed by atoms with E-state index in [0.717, 1.165) is 0 Å². The Morgan fingerprint density at radius 2 is 2.00 bits per heavy atom. The fraction of sp³-hybridized carbons (Fsp3) is 0.316. The lowest BCUT2D eigenvalue weighted by molar-refractivity contribution is -0.121. The molecule has 2 aromatic rings. The molecule has 8 nitrogen and oxygen atoms in total. The summed E-state index contributed by atoms with van der Waals surface area (Å²) in [5.41, 5.74) is 0.800. The molecular weight excluding hydrogens is 430 g/mol. The Hall–Kier alpha value is -2.65. The minimum absolute atomic E-state index is 0.0666. The maximum atomic E-state index is 12.6. The summed E-state index contributed by atoms with van der Waals surface area (Å²) < 4.78 is 10.6. The molecule has 0 saturated carbocycles. The van der Waals surface area contributed by atoms with Gasteiger partial charge in [-0.15, -0.1) is 0 Å². The summed E-state index contributed by atoms with van der Waals surface area (Å²) in [5.74, 6) is -0.867. The number of furan rings is 1. The number of rotatable bonds is 9. The van der Waals surface area contributed by atoms with Crippen molar-refractivity contribution in [3.05, 3.63) is 52.4 Å². The largest absolute Gasteiger partial charge is 0.444 e. The number of hydrogen-bond donors (Lipinski definition) is 2. The van der Waals surface area contributed by atoms with Gasteiger partial charge in [0.15, 0.2) is 10.4 Å². The zero-order valence-electron chi connectivity index (χ0n) is 15.7. The number of hydrogen-bond acceptors (Lipinski definition) is 5. The number of ether oxygens (including phenoxy) is 1. The van der Waals surface area contributed by atoms with Crippen LogP contribution in [0.4, 0.5) is 5.69 Å². The summed E-state index contributed by atoms with van der Waals surface area (Å²) >= 11 is 3.14. The summed E-state index contributed by atoms with van der Waals surface area (Å²) in [6, 6.07) is 9.63. The van der Waals surface area contributed by atoms with E-state index in [1.165, 1.54) is 11.0 Å². The first-order valence-corrected chi connectivity index (χ1v) is 9.38. The van der Waals surface area contributed by atoms with Crippen LogP contribution >= 0.6 is 15.9 Å². The Morgan fingerprint density at radius 3 is 2.68 bits per heavy atom. The smallest absolute Gasteiger partial charge is 0.291 e. The lowest BCUT2D eigenvalue weighted by Gasteiger charge is -2.17. The maximum absolute atomic E-state index is 12.6. The van der Waals surface area contributed by atoms with E-state index >= 15 is 0 Å². The molecule has 0 spiro atoms. The second-order valence-corrected chi connectivity index (χ2v) is 6.78. The van der Waals surface area contributed by atoms with Gasteiger partial charge >= 0.3 is 0 Å². The molecule has 0 atom stereocenters. The van der Waals surface area contributed by atoms with E-state index in [1.807, 2.05) is 0 Å². The van der Waals surface area contributed by atoms with Crippen LogP contribution in [-0.4, -0.2) is 56.5 Å². The summed E-state index contributed by atoms with van der Waals surface area (Å²) in [7, 11) is 3.14. The lowest BCUT2D eigenvalue weighted by atomic mass is 10.1. The second-order valence-electron chi connectivity index (χ2n) is 6.00. The van der Waals surface area contributed by atoms with Crippen LogP contribution in [0, 0.1) is 0 Å². The van der Waals surface area contributed by atoms with Crippen LogP contribution in [0.2, 0.25) is 0 Å². The average Bonchev–Trinajstić information content (AvgIpc) is 3.11. The van der Waals surface area contributed by atoms with E-state index in [0.29, 0.717) is 35.5 Å². The van der Waals surface area contributed by atoms with Gasteiger partial charge in [-0.3, -0.25) is 14.4 Å². The normalized spacial score (nSPS) is 10.4. The Morgan fingerprint density at radius 1 is 1.21 bits per heavy atom. The first kappa shape index (κ1) is 21.6. The number of anilines is 1. The van der Waals surface area contributed by atoms with Gasteiger partial charge in [0.1, 0.15) is 0 Å². The fourth-order valence-electron chi connectivity index (χ4n) is 2.37. The first-order valence-electron chi connectivity index (χ1n) is 8.58. The number of amides is 3. The van der Waals surface area contributed by atoms with Gasteiger partial charge in [-0.1, -0.05) is 6.07 Å². The van der Waals surface area contributed by atoms with Crippen LogP contribution in [0.5, 0.6) is 0 Å². The van der Waals surface area contributed by atoms with Crippen LogP contribution in [0.15, 0.2) is 45.5 Å². The van der Waals surface area contributed by atoms with Gasteiger partial charge in [0.05, 0.1) is 6.54 Å². The third kappa shape index (κ3) is 6.50. The third-order valence-corrected chi connectivity index (χ3v) is 4.17. The van der Waals surface area contributed by atoms with E-state index in [1.54, 1.807) is 44.5 Å². The number of likely N-dealkylation sites (N-methyl/N-ethyl adjacent to an activating group) is 1. The molecule has 150 valence electrons. The van der Waals surface area contributed by atoms with Gasteiger partial charge in [-0.05, 0) is 52.7 Å². The van der Waals surface area contributed by atoms with Crippen LogP contribution in [0.3, 0.4) is 0 Å². The van der Waals surface area contributed by atoms with Crippen molar-refractivity contribution >= 4 is 39.3 Å². The summed E-state index contributed by atoms with van der Waals surface area (Å²) in [6.45, 7) is 0.977. The molecule has 0 unspecified atom stereocenters. The first-order chi connectivity index (χ1) is 13.4. The molecule has 0 aliphatic rings. The highest BCUT2D eigenvalue weighted by Crippen LogP contribution is 2.17. The van der Waals surface area contributed by atoms with Gasteiger partial charge in [-0.25, -0.2) is 0 Å². The van der Waals surface area contributed by atoms with Crippen molar-refractivity contribution in [1.82, 2.24) is 10.2 Å². The molecule has 0 fully saturated rings. The molecule has 9 heteroatoms. The molecule has 28 heavy (non-hydrogen) atoms. The van der Waals surface area contributed by atoms with Crippen molar-refractivity contribution < 1.29 is 23.5 Å². The van der Waals surface area contributed by atoms with Gasteiger partial charge in [0.25, 0.3) is 11.8 Å². The second kappa shape index (κ2) is 10.6. The Bertz CT molecular complexity index is 836. The molecule has 0 aliphatic heterocycles. The van der Waals surface area contributed by atoms with Crippen LogP contribution in [-0.2, 0) is 9.53 Å². The monoisotopic (exact) mass is 451 g/mol. The number of carbonyl (C=O) groups is 3. The molecule has 3 amide bonds. The van der Waals surface area contributed by atoms with Crippen molar-refractivity contribution in [2.24, 2.45) is 0 Å². The van der Waals surface area contributed by atoms with Crippen molar-refractivity contribution in [1.29, 1.82) is 0 Å². The van der Waals surface area contributed by atoms with E-state index in [4.69, 9.17) is 9.15 Å². The van der Waals surface area contributed by atoms with Gasteiger partial charge < -0.3 is 24.7 Å².